The fourth-order valence-corrected chi connectivity index (χ4v) is 4.60. The van der Waals surface area contributed by atoms with Gasteiger partial charge in [-0.2, -0.15) is 0 Å². The Bertz CT molecular complexity index is 1470. The molecule has 4 aromatic rings. The molecule has 6 nitrogen and oxygen atoms in total. The zero-order valence-electron chi connectivity index (χ0n) is 18.0. The number of hydrogen-bond donors (Lipinski definition) is 1. The SMILES string of the molecule is Cc1ccncc1C#Cc1ccccc1NS(=O)(=O)c1cccc2c(N(C)C)ccnc12. The van der Waals surface area contributed by atoms with E-state index in [1.807, 2.05) is 50.2 Å². The van der Waals surface area contributed by atoms with Gasteiger partial charge in [0, 0.05) is 54.9 Å². The third-order valence-corrected chi connectivity index (χ3v) is 6.42. The summed E-state index contributed by atoms with van der Waals surface area (Å²) in [5.41, 5.74) is 4.08. The van der Waals surface area contributed by atoms with Crippen LogP contribution in [0.3, 0.4) is 0 Å². The average molecular weight is 443 g/mol. The number of para-hydroxylation sites is 2. The van der Waals surface area contributed by atoms with Gasteiger partial charge in [-0.25, -0.2) is 8.42 Å². The second-order valence-corrected chi connectivity index (χ2v) is 9.12. The molecule has 0 aliphatic rings. The van der Waals surface area contributed by atoms with Gasteiger partial charge >= 0.3 is 0 Å². The molecule has 0 radical (unpaired) electrons. The number of hydrogen-bond acceptors (Lipinski definition) is 5. The number of aryl methyl sites for hydroxylation is 1. The number of sulfonamides is 1. The summed E-state index contributed by atoms with van der Waals surface area (Å²) in [5, 5.41) is 0.764. The van der Waals surface area contributed by atoms with Crippen molar-refractivity contribution in [1.82, 2.24) is 9.97 Å². The van der Waals surface area contributed by atoms with Gasteiger partial charge in [-0.3, -0.25) is 14.7 Å². The van der Waals surface area contributed by atoms with Crippen molar-refractivity contribution < 1.29 is 8.42 Å². The molecule has 1 N–H and O–H groups in total. The van der Waals surface area contributed by atoms with Gasteiger partial charge in [0.1, 0.15) is 4.90 Å². The first-order chi connectivity index (χ1) is 15.4. The smallest absolute Gasteiger partial charge is 0.264 e. The Balaban J connectivity index is 1.75. The molecule has 0 aliphatic heterocycles. The number of aromatic nitrogens is 2. The Morgan fingerprint density at radius 2 is 1.69 bits per heavy atom. The lowest BCUT2D eigenvalue weighted by Crippen LogP contribution is -2.15. The molecule has 2 aromatic carbocycles. The van der Waals surface area contributed by atoms with Gasteiger partial charge in [-0.05, 0) is 42.8 Å². The summed E-state index contributed by atoms with van der Waals surface area (Å²) in [5.74, 6) is 6.15. The summed E-state index contributed by atoms with van der Waals surface area (Å²) in [6, 6.07) is 16.0. The maximum absolute atomic E-state index is 13.4. The molecule has 0 bridgehead atoms. The normalized spacial score (nSPS) is 11.0. The lowest BCUT2D eigenvalue weighted by molar-refractivity contribution is 0.602. The van der Waals surface area contributed by atoms with Crippen LogP contribution < -0.4 is 9.62 Å². The number of nitrogens with one attached hydrogen (secondary N) is 1. The van der Waals surface area contributed by atoms with Crippen molar-refractivity contribution >= 4 is 32.3 Å². The molecule has 0 fully saturated rings. The highest BCUT2D eigenvalue weighted by Gasteiger charge is 2.20. The first kappa shape index (κ1) is 21.3. The van der Waals surface area contributed by atoms with Gasteiger partial charge in [0.2, 0.25) is 0 Å². The minimum Gasteiger partial charge on any atom is -0.377 e. The van der Waals surface area contributed by atoms with E-state index in [9.17, 15) is 8.42 Å². The zero-order valence-corrected chi connectivity index (χ0v) is 18.8. The van der Waals surface area contributed by atoms with Crippen LogP contribution in [0.15, 0.2) is 78.1 Å². The maximum Gasteiger partial charge on any atom is 0.264 e. The van der Waals surface area contributed by atoms with Gasteiger partial charge in [0.15, 0.2) is 0 Å². The summed E-state index contributed by atoms with van der Waals surface area (Å²) < 4.78 is 29.4. The molecule has 0 aliphatic carbocycles. The minimum absolute atomic E-state index is 0.115. The number of nitrogens with zero attached hydrogens (tertiary/aromatic N) is 3. The van der Waals surface area contributed by atoms with Crippen LogP contribution in [0.4, 0.5) is 11.4 Å². The highest BCUT2D eigenvalue weighted by molar-refractivity contribution is 7.93. The summed E-state index contributed by atoms with van der Waals surface area (Å²) in [7, 11) is -0.0875. The number of benzene rings is 2. The van der Waals surface area contributed by atoms with Crippen LogP contribution in [0.2, 0.25) is 0 Å². The third kappa shape index (κ3) is 4.27. The summed E-state index contributed by atoms with van der Waals surface area (Å²) >= 11 is 0. The highest BCUT2D eigenvalue weighted by atomic mass is 32.2. The average Bonchev–Trinajstić information content (AvgIpc) is 2.78. The molecular weight excluding hydrogens is 420 g/mol. The van der Waals surface area contributed by atoms with E-state index in [2.05, 4.69) is 26.5 Å². The van der Waals surface area contributed by atoms with Crippen LogP contribution in [-0.2, 0) is 10.0 Å². The molecule has 2 heterocycles. The quantitative estimate of drug-likeness (QED) is 0.480. The van der Waals surface area contributed by atoms with Crippen molar-refractivity contribution in [2.24, 2.45) is 0 Å². The lowest BCUT2D eigenvalue weighted by Gasteiger charge is -2.16. The summed E-state index contributed by atoms with van der Waals surface area (Å²) in [6.07, 6.45) is 5.02. The summed E-state index contributed by atoms with van der Waals surface area (Å²) in [4.78, 5) is 10.5. The van der Waals surface area contributed by atoms with Crippen molar-refractivity contribution in [2.45, 2.75) is 11.8 Å². The Kier molecular flexibility index (Phi) is 5.80. The number of rotatable bonds is 4. The second kappa shape index (κ2) is 8.69. The highest BCUT2D eigenvalue weighted by Crippen LogP contribution is 2.29. The Morgan fingerprint density at radius 1 is 0.906 bits per heavy atom. The van der Waals surface area contributed by atoms with Gasteiger partial charge in [0.25, 0.3) is 10.0 Å². The lowest BCUT2D eigenvalue weighted by atomic mass is 10.1. The van der Waals surface area contributed by atoms with E-state index >= 15 is 0 Å². The van der Waals surface area contributed by atoms with E-state index in [1.54, 1.807) is 48.9 Å². The van der Waals surface area contributed by atoms with E-state index in [4.69, 9.17) is 0 Å². The van der Waals surface area contributed by atoms with Crippen molar-refractivity contribution in [3.05, 3.63) is 89.9 Å². The fraction of sp³-hybridized carbons (Fsp3) is 0.120. The Labute approximate surface area is 188 Å². The molecule has 0 spiro atoms. The first-order valence-corrected chi connectivity index (χ1v) is 11.4. The van der Waals surface area contributed by atoms with E-state index < -0.39 is 10.0 Å². The largest absolute Gasteiger partial charge is 0.377 e. The molecule has 0 amide bonds. The van der Waals surface area contributed by atoms with Crippen LogP contribution in [0.1, 0.15) is 16.7 Å². The number of pyridine rings is 2. The third-order valence-electron chi connectivity index (χ3n) is 5.02. The molecule has 0 saturated heterocycles. The fourth-order valence-electron chi connectivity index (χ4n) is 3.35. The minimum atomic E-state index is -3.91. The number of fused-ring (bicyclic) bond motifs is 1. The molecule has 0 atom stereocenters. The van der Waals surface area contributed by atoms with Gasteiger partial charge < -0.3 is 4.90 Å². The molecule has 0 saturated carbocycles. The van der Waals surface area contributed by atoms with Gasteiger partial charge in [0.05, 0.1) is 11.2 Å². The van der Waals surface area contributed by atoms with Crippen molar-refractivity contribution in [3.63, 3.8) is 0 Å². The van der Waals surface area contributed by atoms with E-state index in [0.717, 1.165) is 22.2 Å². The monoisotopic (exact) mass is 442 g/mol. The topological polar surface area (TPSA) is 75.2 Å². The number of anilines is 2. The van der Waals surface area contributed by atoms with Crippen LogP contribution >= 0.6 is 0 Å². The van der Waals surface area contributed by atoms with Crippen molar-refractivity contribution in [2.75, 3.05) is 23.7 Å². The van der Waals surface area contributed by atoms with E-state index in [-0.39, 0.29) is 4.90 Å². The Hall–Kier alpha value is -3.89. The Morgan fingerprint density at radius 3 is 2.47 bits per heavy atom. The molecule has 7 heteroatoms. The zero-order chi connectivity index (χ0) is 22.7. The van der Waals surface area contributed by atoms with Crippen molar-refractivity contribution in [1.29, 1.82) is 0 Å². The molecule has 4 rings (SSSR count). The van der Waals surface area contributed by atoms with Crippen LogP contribution in [0.25, 0.3) is 10.9 Å². The van der Waals surface area contributed by atoms with Crippen molar-refractivity contribution in [3.8, 4) is 11.8 Å². The first-order valence-electron chi connectivity index (χ1n) is 9.96. The second-order valence-electron chi connectivity index (χ2n) is 7.47. The molecule has 160 valence electrons. The standard InChI is InChI=1S/C25H22N4O2S/c1-18-13-15-26-17-20(18)12-11-19-7-4-5-9-22(19)28-32(30,31)24-10-6-8-21-23(29(2)3)14-16-27-25(21)24/h4-10,13-17,28H,1-3H3. The van der Waals surface area contributed by atoms with Gasteiger partial charge in [-0.15, -0.1) is 0 Å². The van der Waals surface area contributed by atoms with Gasteiger partial charge in [-0.1, -0.05) is 36.1 Å². The molecule has 32 heavy (non-hydrogen) atoms. The van der Waals surface area contributed by atoms with E-state index in [1.165, 1.54) is 0 Å². The predicted octanol–water partition coefficient (Wildman–Crippen LogP) is 4.20. The van der Waals surface area contributed by atoms with Crippen LogP contribution in [0, 0.1) is 18.8 Å². The van der Waals surface area contributed by atoms with E-state index in [0.29, 0.717) is 16.8 Å². The molecule has 0 unspecified atom stereocenters. The van der Waals surface area contributed by atoms with Crippen LogP contribution in [-0.4, -0.2) is 32.5 Å². The predicted molar refractivity (Wildman–Crippen MR) is 128 cm³/mol. The molecular formula is C25H22N4O2S. The van der Waals surface area contributed by atoms with Crippen LogP contribution in [0.5, 0.6) is 0 Å². The molecule has 2 aromatic heterocycles. The maximum atomic E-state index is 13.4. The summed E-state index contributed by atoms with van der Waals surface area (Å²) in [6.45, 7) is 1.95.